The van der Waals surface area contributed by atoms with Crippen LogP contribution in [0.25, 0.3) is 0 Å². The van der Waals surface area contributed by atoms with Crippen molar-refractivity contribution < 1.29 is 9.90 Å². The van der Waals surface area contributed by atoms with Crippen molar-refractivity contribution in [1.29, 1.82) is 5.26 Å². The van der Waals surface area contributed by atoms with Gasteiger partial charge in [0.15, 0.2) is 5.82 Å². The second-order valence-corrected chi connectivity index (χ2v) is 5.75. The lowest BCUT2D eigenvalue weighted by atomic mass is 9.74. The maximum atomic E-state index is 11.6. The second kappa shape index (κ2) is 6.08. The Morgan fingerprint density at radius 2 is 2.00 bits per heavy atom. The molecule has 0 saturated heterocycles. The number of aliphatic carboxylic acids is 1. The van der Waals surface area contributed by atoms with Crippen LogP contribution in [-0.4, -0.2) is 27.8 Å². The van der Waals surface area contributed by atoms with Crippen LogP contribution >= 0.6 is 0 Å². The molecule has 2 N–H and O–H groups in total. The minimum Gasteiger partial charge on any atom is -0.481 e. The van der Waals surface area contributed by atoms with Crippen LogP contribution in [0.2, 0.25) is 0 Å². The Morgan fingerprint density at radius 3 is 2.57 bits per heavy atom. The molecule has 0 bridgehead atoms. The second-order valence-electron chi connectivity index (χ2n) is 5.75. The summed E-state index contributed by atoms with van der Waals surface area (Å²) in [4.78, 5) is 11.6. The van der Waals surface area contributed by atoms with Crippen molar-refractivity contribution in [2.45, 2.75) is 46.0 Å². The lowest BCUT2D eigenvalue weighted by Gasteiger charge is -2.33. The fraction of sp³-hybridized carbons (Fsp3) is 0.600. The molecule has 0 aliphatic heterocycles. The molecule has 1 aromatic rings. The smallest absolute Gasteiger partial charge is 0.311 e. The van der Waals surface area contributed by atoms with Crippen molar-refractivity contribution >= 4 is 11.8 Å². The molecule has 0 amide bonds. The van der Waals surface area contributed by atoms with Gasteiger partial charge in [0.05, 0.1) is 11.1 Å². The lowest BCUT2D eigenvalue weighted by Crippen LogP contribution is -2.40. The van der Waals surface area contributed by atoms with Crippen LogP contribution in [0.4, 0.5) is 5.82 Å². The molecule has 1 aromatic heterocycles. The Labute approximate surface area is 124 Å². The van der Waals surface area contributed by atoms with Crippen LogP contribution in [0.3, 0.4) is 0 Å². The summed E-state index contributed by atoms with van der Waals surface area (Å²) in [7, 11) is 0. The molecular formula is C15H20N4O2. The summed E-state index contributed by atoms with van der Waals surface area (Å²) in [5.74, 6) is -0.392. The molecule has 1 aliphatic rings. The Hall–Kier alpha value is -2.16. The molecule has 2 rings (SSSR count). The Balaban J connectivity index is 2.21. The maximum absolute atomic E-state index is 11.6. The number of hydrogen-bond donors (Lipinski definition) is 2. The monoisotopic (exact) mass is 288 g/mol. The van der Waals surface area contributed by atoms with E-state index in [4.69, 9.17) is 0 Å². The predicted octanol–water partition coefficient (Wildman–Crippen LogP) is 2.41. The first kappa shape index (κ1) is 15.2. The highest BCUT2D eigenvalue weighted by molar-refractivity contribution is 5.75. The highest BCUT2D eigenvalue weighted by atomic mass is 16.4. The fourth-order valence-electron chi connectivity index (χ4n) is 2.82. The quantitative estimate of drug-likeness (QED) is 0.882. The Kier molecular flexibility index (Phi) is 4.41. The van der Waals surface area contributed by atoms with Crippen LogP contribution in [0.5, 0.6) is 0 Å². The standard InChI is InChI=1S/C15H20N4O2/c1-10-11(2)18-19-13(12(10)8-16)17-9-15(14(20)21)6-4-3-5-7-15/h3-7,9H2,1-2H3,(H,17,19)(H,20,21). The molecule has 6 nitrogen and oxygen atoms in total. The largest absolute Gasteiger partial charge is 0.481 e. The van der Waals surface area contributed by atoms with Gasteiger partial charge >= 0.3 is 5.97 Å². The van der Waals surface area contributed by atoms with E-state index >= 15 is 0 Å². The summed E-state index contributed by atoms with van der Waals surface area (Å²) >= 11 is 0. The normalized spacial score (nSPS) is 17.0. The van der Waals surface area contributed by atoms with Gasteiger partial charge in [0.1, 0.15) is 11.6 Å². The molecule has 0 atom stereocenters. The lowest BCUT2D eigenvalue weighted by molar-refractivity contribution is -0.150. The van der Waals surface area contributed by atoms with Gasteiger partial charge in [-0.1, -0.05) is 19.3 Å². The minimum absolute atomic E-state index is 0.286. The molecule has 1 heterocycles. The summed E-state index contributed by atoms with van der Waals surface area (Å²) < 4.78 is 0. The van der Waals surface area contributed by atoms with Crippen LogP contribution in [0.1, 0.15) is 48.9 Å². The van der Waals surface area contributed by atoms with E-state index in [1.165, 1.54) is 0 Å². The number of nitrogens with one attached hydrogen (secondary N) is 1. The van der Waals surface area contributed by atoms with Crippen LogP contribution in [0, 0.1) is 30.6 Å². The summed E-state index contributed by atoms with van der Waals surface area (Å²) in [5.41, 5.74) is 1.18. The zero-order valence-corrected chi connectivity index (χ0v) is 12.4. The van der Waals surface area contributed by atoms with Gasteiger partial charge in [-0.05, 0) is 32.3 Å². The number of anilines is 1. The Morgan fingerprint density at radius 1 is 1.33 bits per heavy atom. The highest BCUT2D eigenvalue weighted by Gasteiger charge is 2.39. The zero-order valence-electron chi connectivity index (χ0n) is 12.4. The van der Waals surface area contributed by atoms with E-state index in [1.54, 1.807) is 6.92 Å². The predicted molar refractivity (Wildman–Crippen MR) is 77.9 cm³/mol. The van der Waals surface area contributed by atoms with Crippen molar-refractivity contribution in [1.82, 2.24) is 10.2 Å². The number of nitriles is 1. The van der Waals surface area contributed by atoms with Crippen molar-refractivity contribution in [3.05, 3.63) is 16.8 Å². The van der Waals surface area contributed by atoms with Gasteiger partial charge in [-0.2, -0.15) is 10.4 Å². The van der Waals surface area contributed by atoms with Gasteiger partial charge in [0.25, 0.3) is 0 Å². The van der Waals surface area contributed by atoms with Crippen molar-refractivity contribution in [2.24, 2.45) is 5.41 Å². The molecular weight excluding hydrogens is 268 g/mol. The van der Waals surface area contributed by atoms with Gasteiger partial charge in [-0.25, -0.2) is 0 Å². The summed E-state index contributed by atoms with van der Waals surface area (Å²) in [5, 5.41) is 29.9. The Bertz CT molecular complexity index is 586. The number of rotatable bonds is 4. The van der Waals surface area contributed by atoms with E-state index in [-0.39, 0.29) is 6.54 Å². The molecule has 112 valence electrons. The van der Waals surface area contributed by atoms with Crippen molar-refractivity contribution in [3.63, 3.8) is 0 Å². The molecule has 1 fully saturated rings. The van der Waals surface area contributed by atoms with Gasteiger partial charge in [0.2, 0.25) is 0 Å². The van der Waals surface area contributed by atoms with Crippen LogP contribution in [0.15, 0.2) is 0 Å². The minimum atomic E-state index is -0.773. The first-order chi connectivity index (χ1) is 10.00. The maximum Gasteiger partial charge on any atom is 0.311 e. The third kappa shape index (κ3) is 2.97. The van der Waals surface area contributed by atoms with Gasteiger partial charge < -0.3 is 10.4 Å². The number of carboxylic acids is 1. The third-order valence-electron chi connectivity index (χ3n) is 4.42. The van der Waals surface area contributed by atoms with E-state index in [0.717, 1.165) is 24.8 Å². The van der Waals surface area contributed by atoms with Gasteiger partial charge in [-0.15, -0.1) is 5.10 Å². The molecule has 21 heavy (non-hydrogen) atoms. The van der Waals surface area contributed by atoms with Crippen LogP contribution in [-0.2, 0) is 4.79 Å². The average molecular weight is 288 g/mol. The summed E-state index contributed by atoms with van der Waals surface area (Å²) in [6.45, 7) is 3.91. The first-order valence-electron chi connectivity index (χ1n) is 7.21. The van der Waals surface area contributed by atoms with Crippen LogP contribution < -0.4 is 5.32 Å². The zero-order chi connectivity index (χ0) is 15.5. The topological polar surface area (TPSA) is 98.9 Å². The number of hydrogen-bond acceptors (Lipinski definition) is 5. The molecule has 1 aliphatic carbocycles. The summed E-state index contributed by atoms with van der Waals surface area (Å²) in [6, 6.07) is 2.12. The van der Waals surface area contributed by atoms with E-state index < -0.39 is 11.4 Å². The molecule has 0 radical (unpaired) electrons. The number of carbonyl (C=O) groups is 1. The van der Waals surface area contributed by atoms with E-state index in [9.17, 15) is 15.2 Å². The van der Waals surface area contributed by atoms with E-state index in [2.05, 4.69) is 21.6 Å². The average Bonchev–Trinajstić information content (AvgIpc) is 2.49. The molecule has 1 saturated carbocycles. The van der Waals surface area contributed by atoms with E-state index in [0.29, 0.717) is 29.9 Å². The van der Waals surface area contributed by atoms with Gasteiger partial charge in [0, 0.05) is 6.54 Å². The van der Waals surface area contributed by atoms with E-state index in [1.807, 2.05) is 6.92 Å². The third-order valence-corrected chi connectivity index (χ3v) is 4.42. The molecule has 0 spiro atoms. The first-order valence-corrected chi connectivity index (χ1v) is 7.21. The number of aryl methyl sites for hydroxylation is 1. The molecule has 0 unspecified atom stereocenters. The number of nitrogens with zero attached hydrogens (tertiary/aromatic N) is 3. The fourth-order valence-corrected chi connectivity index (χ4v) is 2.82. The molecule has 0 aromatic carbocycles. The van der Waals surface area contributed by atoms with Gasteiger partial charge in [-0.3, -0.25) is 4.79 Å². The summed E-state index contributed by atoms with van der Waals surface area (Å²) in [6.07, 6.45) is 4.27. The van der Waals surface area contributed by atoms with Crippen molar-refractivity contribution in [3.8, 4) is 6.07 Å². The van der Waals surface area contributed by atoms with Crippen molar-refractivity contribution in [2.75, 3.05) is 11.9 Å². The SMILES string of the molecule is Cc1nnc(NCC2(C(=O)O)CCCCC2)c(C#N)c1C. The number of aromatic nitrogens is 2. The highest BCUT2D eigenvalue weighted by Crippen LogP contribution is 2.37. The molecule has 6 heteroatoms. The number of carboxylic acid groups (broad SMARTS) is 1.